The van der Waals surface area contributed by atoms with Crippen LogP contribution in [0.25, 0.3) is 5.76 Å². The molecule has 204 valence electrons. The zero-order chi connectivity index (χ0) is 28.3. The number of hydrogen-bond donors (Lipinski definition) is 1. The third kappa shape index (κ3) is 5.02. The van der Waals surface area contributed by atoms with Crippen molar-refractivity contribution in [2.45, 2.75) is 19.9 Å². The first-order valence-electron chi connectivity index (χ1n) is 12.9. The van der Waals surface area contributed by atoms with Crippen LogP contribution in [0.15, 0.2) is 72.3 Å². The first-order chi connectivity index (χ1) is 18.8. The van der Waals surface area contributed by atoms with Gasteiger partial charge in [-0.1, -0.05) is 18.2 Å². The molecule has 1 fully saturated rings. The molecule has 8 nitrogen and oxygen atoms in total. The van der Waals surface area contributed by atoms with E-state index >= 15 is 0 Å². The van der Waals surface area contributed by atoms with Crippen LogP contribution in [0, 0.1) is 0 Å². The van der Waals surface area contributed by atoms with Gasteiger partial charge in [-0.25, -0.2) is 0 Å². The number of Topliss-reactive ketones (excluding diaryl/α,β-unsaturated/α-hetero) is 1. The number of hydrogen-bond acceptors (Lipinski definition) is 7. The second kappa shape index (κ2) is 11.5. The summed E-state index contributed by atoms with van der Waals surface area (Å²) in [5.41, 5.74) is 3.40. The van der Waals surface area contributed by atoms with Gasteiger partial charge in [-0.15, -0.1) is 0 Å². The van der Waals surface area contributed by atoms with Crippen LogP contribution in [0.4, 0.5) is 17.1 Å². The molecule has 0 radical (unpaired) electrons. The Morgan fingerprint density at radius 1 is 0.846 bits per heavy atom. The summed E-state index contributed by atoms with van der Waals surface area (Å²) >= 11 is 0. The van der Waals surface area contributed by atoms with Crippen molar-refractivity contribution in [2.24, 2.45) is 0 Å². The highest BCUT2D eigenvalue weighted by Crippen LogP contribution is 2.45. The molecule has 0 aromatic heterocycles. The predicted molar refractivity (Wildman–Crippen MR) is 155 cm³/mol. The van der Waals surface area contributed by atoms with E-state index in [1.165, 1.54) is 19.1 Å². The fraction of sp³-hybridized carbons (Fsp3) is 0.290. The SMILES string of the molecule is CCN(CC)c1ccc(N2C(=O)C(=O)/C(=C(/O)c3c(OC)cccc3OC)C2c2ccc(N(C)C)cc2)cc1. The second-order valence-corrected chi connectivity index (χ2v) is 9.38. The number of aliphatic hydroxyl groups is 1. The fourth-order valence-corrected chi connectivity index (χ4v) is 5.00. The molecule has 3 aromatic carbocycles. The van der Waals surface area contributed by atoms with Crippen LogP contribution in [-0.2, 0) is 9.59 Å². The monoisotopic (exact) mass is 529 g/mol. The predicted octanol–water partition coefficient (Wildman–Crippen LogP) is 5.24. The number of nitrogens with zero attached hydrogens (tertiary/aromatic N) is 3. The van der Waals surface area contributed by atoms with Gasteiger partial charge in [-0.3, -0.25) is 14.5 Å². The molecule has 1 aliphatic heterocycles. The van der Waals surface area contributed by atoms with Gasteiger partial charge in [-0.05, 0) is 67.9 Å². The summed E-state index contributed by atoms with van der Waals surface area (Å²) in [7, 11) is 6.82. The lowest BCUT2D eigenvalue weighted by molar-refractivity contribution is -0.132. The van der Waals surface area contributed by atoms with E-state index in [9.17, 15) is 14.7 Å². The van der Waals surface area contributed by atoms with Crippen LogP contribution in [0.3, 0.4) is 0 Å². The molecular formula is C31H35N3O5. The maximum absolute atomic E-state index is 13.6. The molecule has 8 heteroatoms. The standard InChI is InChI=1S/C31H35N3O5/c1-7-33(8-2)22-16-18-23(19-17-22)34-28(20-12-14-21(15-13-20)32(3)4)27(30(36)31(34)37)29(35)26-24(38-5)10-9-11-25(26)39-6/h9-19,28,35H,7-8H2,1-6H3/b29-27+. The zero-order valence-corrected chi connectivity index (χ0v) is 23.3. The van der Waals surface area contributed by atoms with E-state index in [2.05, 4.69) is 18.7 Å². The number of ether oxygens (including phenoxy) is 2. The molecule has 0 spiro atoms. The lowest BCUT2D eigenvalue weighted by Gasteiger charge is -2.27. The van der Waals surface area contributed by atoms with Gasteiger partial charge in [0.05, 0.1) is 25.8 Å². The Labute approximate surface area is 229 Å². The Balaban J connectivity index is 1.94. The number of rotatable bonds is 9. The van der Waals surface area contributed by atoms with E-state index in [0.29, 0.717) is 22.7 Å². The number of benzene rings is 3. The Kier molecular flexibility index (Phi) is 8.14. The van der Waals surface area contributed by atoms with Gasteiger partial charge >= 0.3 is 0 Å². The van der Waals surface area contributed by atoms with Crippen molar-refractivity contribution in [2.75, 3.05) is 56.1 Å². The van der Waals surface area contributed by atoms with Crippen molar-refractivity contribution in [3.8, 4) is 11.5 Å². The van der Waals surface area contributed by atoms with Gasteiger partial charge in [0.1, 0.15) is 22.8 Å². The average molecular weight is 530 g/mol. The van der Waals surface area contributed by atoms with E-state index in [-0.39, 0.29) is 16.9 Å². The maximum Gasteiger partial charge on any atom is 0.300 e. The van der Waals surface area contributed by atoms with Crippen molar-refractivity contribution in [1.82, 2.24) is 0 Å². The molecule has 39 heavy (non-hydrogen) atoms. The van der Waals surface area contributed by atoms with E-state index in [1.54, 1.807) is 18.2 Å². The largest absolute Gasteiger partial charge is 0.506 e. The van der Waals surface area contributed by atoms with Crippen molar-refractivity contribution in [3.05, 3.63) is 83.4 Å². The highest BCUT2D eigenvalue weighted by molar-refractivity contribution is 6.51. The van der Waals surface area contributed by atoms with E-state index in [1.807, 2.05) is 67.5 Å². The molecule has 0 bridgehead atoms. The Bertz CT molecular complexity index is 1350. The fourth-order valence-electron chi connectivity index (χ4n) is 5.00. The number of ketones is 1. The van der Waals surface area contributed by atoms with E-state index < -0.39 is 17.7 Å². The first kappa shape index (κ1) is 27.6. The summed E-state index contributed by atoms with van der Waals surface area (Å²) in [6, 6.07) is 19.3. The lowest BCUT2D eigenvalue weighted by Crippen LogP contribution is -2.29. The molecular weight excluding hydrogens is 494 g/mol. The van der Waals surface area contributed by atoms with E-state index in [4.69, 9.17) is 9.47 Å². The smallest absolute Gasteiger partial charge is 0.300 e. The van der Waals surface area contributed by atoms with Crippen LogP contribution >= 0.6 is 0 Å². The number of amides is 1. The third-order valence-electron chi connectivity index (χ3n) is 7.09. The summed E-state index contributed by atoms with van der Waals surface area (Å²) in [6.07, 6.45) is 0. The minimum Gasteiger partial charge on any atom is -0.506 e. The van der Waals surface area contributed by atoms with Crippen LogP contribution in [0.2, 0.25) is 0 Å². The first-order valence-corrected chi connectivity index (χ1v) is 12.9. The summed E-state index contributed by atoms with van der Waals surface area (Å²) in [5.74, 6) is -1.21. The summed E-state index contributed by atoms with van der Waals surface area (Å²) in [5, 5.41) is 11.7. The Morgan fingerprint density at radius 2 is 1.38 bits per heavy atom. The number of anilines is 3. The van der Waals surface area contributed by atoms with E-state index in [0.717, 1.165) is 24.5 Å². The molecule has 1 heterocycles. The second-order valence-electron chi connectivity index (χ2n) is 9.38. The average Bonchev–Trinajstić information content (AvgIpc) is 3.23. The number of aliphatic hydroxyl groups excluding tert-OH is 1. The van der Waals surface area contributed by atoms with Crippen molar-refractivity contribution < 1.29 is 24.2 Å². The molecule has 4 rings (SSSR count). The minimum absolute atomic E-state index is 0.0341. The molecule has 1 unspecified atom stereocenters. The highest BCUT2D eigenvalue weighted by atomic mass is 16.5. The number of methoxy groups -OCH3 is 2. The summed E-state index contributed by atoms with van der Waals surface area (Å²) < 4.78 is 11.0. The summed E-state index contributed by atoms with van der Waals surface area (Å²) in [6.45, 7) is 5.86. The molecule has 3 aromatic rings. The third-order valence-corrected chi connectivity index (χ3v) is 7.09. The lowest BCUT2D eigenvalue weighted by atomic mass is 9.94. The Morgan fingerprint density at radius 3 is 1.87 bits per heavy atom. The van der Waals surface area contributed by atoms with Crippen LogP contribution < -0.4 is 24.2 Å². The molecule has 0 saturated carbocycles. The summed E-state index contributed by atoms with van der Waals surface area (Å²) in [4.78, 5) is 32.8. The van der Waals surface area contributed by atoms with Crippen LogP contribution in [-0.4, -0.2) is 58.2 Å². The van der Waals surface area contributed by atoms with Gasteiger partial charge < -0.3 is 24.4 Å². The van der Waals surface area contributed by atoms with Crippen molar-refractivity contribution >= 4 is 34.5 Å². The molecule has 1 amide bonds. The number of carbonyl (C=O) groups is 2. The molecule has 1 N–H and O–H groups in total. The van der Waals surface area contributed by atoms with Gasteiger partial charge in [0.2, 0.25) is 0 Å². The minimum atomic E-state index is -0.866. The van der Waals surface area contributed by atoms with Crippen molar-refractivity contribution in [1.29, 1.82) is 0 Å². The van der Waals surface area contributed by atoms with Gasteiger partial charge in [0, 0.05) is 44.2 Å². The molecule has 1 saturated heterocycles. The quantitative estimate of drug-likeness (QED) is 0.231. The molecule has 1 atom stereocenters. The maximum atomic E-state index is 13.6. The highest BCUT2D eigenvalue weighted by Gasteiger charge is 2.47. The normalized spacial score (nSPS) is 16.4. The molecule has 0 aliphatic carbocycles. The zero-order valence-electron chi connectivity index (χ0n) is 23.3. The van der Waals surface area contributed by atoms with Gasteiger partial charge in [0.15, 0.2) is 0 Å². The Hall–Kier alpha value is -4.46. The van der Waals surface area contributed by atoms with Crippen molar-refractivity contribution in [3.63, 3.8) is 0 Å². The van der Waals surface area contributed by atoms with Gasteiger partial charge in [0.25, 0.3) is 11.7 Å². The topological polar surface area (TPSA) is 82.6 Å². The number of carbonyl (C=O) groups excluding carboxylic acids is 2. The van der Waals surface area contributed by atoms with Crippen LogP contribution in [0.1, 0.15) is 31.0 Å². The van der Waals surface area contributed by atoms with Gasteiger partial charge in [-0.2, -0.15) is 0 Å². The molecule has 1 aliphatic rings. The van der Waals surface area contributed by atoms with Crippen LogP contribution in [0.5, 0.6) is 11.5 Å².